The van der Waals surface area contributed by atoms with Gasteiger partial charge >= 0.3 is 5.97 Å². The molecule has 0 bridgehead atoms. The van der Waals surface area contributed by atoms with Crippen LogP contribution in [0.1, 0.15) is 27.7 Å². The van der Waals surface area contributed by atoms with E-state index in [1.165, 1.54) is 0 Å². The highest BCUT2D eigenvalue weighted by Crippen LogP contribution is 2.28. The van der Waals surface area contributed by atoms with E-state index in [-0.39, 0.29) is 13.2 Å². The summed E-state index contributed by atoms with van der Waals surface area (Å²) in [6.07, 6.45) is 0. The van der Waals surface area contributed by atoms with Crippen LogP contribution in [0.5, 0.6) is 0 Å². The molecule has 0 aromatic heterocycles. The zero-order valence-corrected chi connectivity index (χ0v) is 11.2. The molecule has 0 aromatic rings. The third-order valence-electron chi connectivity index (χ3n) is 2.45. The number of hydrogen-bond donors (Lipinski definition) is 0. The van der Waals surface area contributed by atoms with Gasteiger partial charge in [-0.2, -0.15) is 4.31 Å². The summed E-state index contributed by atoms with van der Waals surface area (Å²) in [6.45, 7) is 6.36. The smallest absolute Gasteiger partial charge is 0.333 e. The first-order valence-corrected chi connectivity index (χ1v) is 6.83. The summed E-state index contributed by atoms with van der Waals surface area (Å²) in [5.74, 6) is -1.61. The van der Waals surface area contributed by atoms with Gasteiger partial charge in [-0.25, -0.2) is 8.42 Å². The molecule has 0 aliphatic carbocycles. The second-order valence-corrected chi connectivity index (χ2v) is 6.76. The summed E-state index contributed by atoms with van der Waals surface area (Å²) in [5, 5.41) is -1.69. The molecule has 17 heavy (non-hydrogen) atoms. The molecule has 0 radical (unpaired) electrons. The van der Waals surface area contributed by atoms with Crippen LogP contribution < -0.4 is 0 Å². The molecule has 1 rings (SSSR count). The lowest BCUT2D eigenvalue weighted by Gasteiger charge is -2.29. The first-order chi connectivity index (χ1) is 7.62. The average molecular weight is 263 g/mol. The Labute approximate surface area is 101 Å². The van der Waals surface area contributed by atoms with E-state index in [4.69, 9.17) is 0 Å². The van der Waals surface area contributed by atoms with Crippen molar-refractivity contribution in [2.24, 2.45) is 0 Å². The van der Waals surface area contributed by atoms with Crippen molar-refractivity contribution in [2.75, 3.05) is 13.2 Å². The number of rotatable bonds is 2. The zero-order chi connectivity index (χ0) is 13.4. The van der Waals surface area contributed by atoms with Gasteiger partial charge in [-0.3, -0.25) is 9.59 Å². The van der Waals surface area contributed by atoms with E-state index >= 15 is 0 Å². The molecule has 0 saturated carbocycles. The van der Waals surface area contributed by atoms with Crippen molar-refractivity contribution in [3.05, 3.63) is 0 Å². The van der Waals surface area contributed by atoms with Gasteiger partial charge in [-0.1, -0.05) is 0 Å². The van der Waals surface area contributed by atoms with Crippen LogP contribution >= 0.6 is 0 Å². The van der Waals surface area contributed by atoms with E-state index in [0.717, 1.165) is 4.31 Å². The first-order valence-electron chi connectivity index (χ1n) is 5.33. The summed E-state index contributed by atoms with van der Waals surface area (Å²) < 4.78 is 29.8. The molecule has 1 unspecified atom stereocenters. The molecule has 7 heteroatoms. The molecule has 1 fully saturated rings. The third kappa shape index (κ3) is 2.50. The van der Waals surface area contributed by atoms with Crippen molar-refractivity contribution in [1.82, 2.24) is 4.31 Å². The van der Waals surface area contributed by atoms with Crippen molar-refractivity contribution in [1.29, 1.82) is 0 Å². The summed E-state index contributed by atoms with van der Waals surface area (Å²) in [5.41, 5.74) is -0.726. The van der Waals surface area contributed by atoms with Crippen molar-refractivity contribution >= 4 is 21.8 Å². The topological polar surface area (TPSA) is 80.8 Å². The molecule has 1 atom stereocenters. The molecule has 98 valence electrons. The molecule has 1 aliphatic rings. The molecule has 6 nitrogen and oxygen atoms in total. The van der Waals surface area contributed by atoms with Gasteiger partial charge in [0.1, 0.15) is 0 Å². The SMILES string of the molecule is CCOC(=O)C1C(=O)CN(C(C)(C)C)S1(=O)=O. The van der Waals surface area contributed by atoms with E-state index in [0.29, 0.717) is 0 Å². The number of carbonyl (C=O) groups excluding carboxylic acids is 2. The largest absolute Gasteiger partial charge is 0.465 e. The van der Waals surface area contributed by atoms with Crippen LogP contribution in [-0.2, 0) is 24.3 Å². The van der Waals surface area contributed by atoms with Gasteiger partial charge < -0.3 is 4.74 Å². The Kier molecular flexibility index (Phi) is 3.63. The van der Waals surface area contributed by atoms with Crippen LogP contribution in [0.15, 0.2) is 0 Å². The van der Waals surface area contributed by atoms with Gasteiger partial charge in [0.15, 0.2) is 5.78 Å². The van der Waals surface area contributed by atoms with Gasteiger partial charge in [0, 0.05) is 5.54 Å². The highest BCUT2D eigenvalue weighted by molar-refractivity contribution is 7.91. The highest BCUT2D eigenvalue weighted by atomic mass is 32.2. The first kappa shape index (κ1) is 14.1. The van der Waals surface area contributed by atoms with Gasteiger partial charge in [0.05, 0.1) is 13.2 Å². The van der Waals surface area contributed by atoms with Gasteiger partial charge in [-0.15, -0.1) is 0 Å². The lowest BCUT2D eigenvalue weighted by atomic mass is 10.1. The summed E-state index contributed by atoms with van der Waals surface area (Å²) in [6, 6.07) is 0. The molecular formula is C10H17NO5S. The average Bonchev–Trinajstić information content (AvgIpc) is 2.35. The Morgan fingerprint density at radius 2 is 2.00 bits per heavy atom. The standard InChI is InChI=1S/C10H17NO5S/c1-5-16-9(13)8-7(12)6-11(10(2,3)4)17(8,14)15/h8H,5-6H2,1-4H3. The zero-order valence-electron chi connectivity index (χ0n) is 10.4. The van der Waals surface area contributed by atoms with Crippen LogP contribution in [0.25, 0.3) is 0 Å². The molecule has 0 spiro atoms. The molecule has 0 aromatic carbocycles. The number of ether oxygens (including phenoxy) is 1. The number of esters is 1. The lowest BCUT2D eigenvalue weighted by Crippen LogP contribution is -2.45. The van der Waals surface area contributed by atoms with Crippen molar-refractivity contribution in [2.45, 2.75) is 38.5 Å². The highest BCUT2D eigenvalue weighted by Gasteiger charge is 2.54. The summed E-state index contributed by atoms with van der Waals surface area (Å²) in [4.78, 5) is 23.1. The Balaban J connectivity index is 3.12. The fraction of sp³-hybridized carbons (Fsp3) is 0.800. The number of hydrogen-bond acceptors (Lipinski definition) is 5. The molecule has 1 aliphatic heterocycles. The fourth-order valence-electron chi connectivity index (χ4n) is 1.70. The third-order valence-corrected chi connectivity index (χ3v) is 4.79. The maximum atomic E-state index is 12.1. The lowest BCUT2D eigenvalue weighted by molar-refractivity contribution is -0.144. The van der Waals surface area contributed by atoms with E-state index in [1.807, 2.05) is 0 Å². The number of Topliss-reactive ketones (excluding diaryl/α,β-unsaturated/α-hetero) is 1. The Hall–Kier alpha value is -0.950. The normalized spacial score (nSPS) is 24.9. The monoisotopic (exact) mass is 263 g/mol. The maximum absolute atomic E-state index is 12.1. The van der Waals surface area contributed by atoms with E-state index in [2.05, 4.69) is 4.74 Å². The minimum atomic E-state index is -3.95. The van der Waals surface area contributed by atoms with Crippen molar-refractivity contribution < 1.29 is 22.7 Å². The summed E-state index contributed by atoms with van der Waals surface area (Å²) in [7, 11) is -3.95. The van der Waals surface area contributed by atoms with Gasteiger partial charge in [0.2, 0.25) is 15.3 Å². The predicted octanol–water partition coefficient (Wildman–Crippen LogP) is -0.0689. The fourth-order valence-corrected chi connectivity index (χ4v) is 3.74. The number of sulfonamides is 1. The maximum Gasteiger partial charge on any atom is 0.333 e. The molecule has 1 heterocycles. The molecular weight excluding hydrogens is 246 g/mol. The van der Waals surface area contributed by atoms with Crippen LogP contribution in [0, 0.1) is 0 Å². The van der Waals surface area contributed by atoms with Crippen LogP contribution in [-0.4, -0.2) is 48.4 Å². The summed E-state index contributed by atoms with van der Waals surface area (Å²) >= 11 is 0. The number of ketones is 1. The van der Waals surface area contributed by atoms with Crippen molar-refractivity contribution in [3.63, 3.8) is 0 Å². The molecule has 0 N–H and O–H groups in total. The Morgan fingerprint density at radius 3 is 2.35 bits per heavy atom. The van der Waals surface area contributed by atoms with Crippen LogP contribution in [0.3, 0.4) is 0 Å². The van der Waals surface area contributed by atoms with E-state index in [1.54, 1.807) is 27.7 Å². The Bertz CT molecular complexity index is 434. The quantitative estimate of drug-likeness (QED) is 0.514. The van der Waals surface area contributed by atoms with E-state index < -0.39 is 32.6 Å². The number of nitrogens with zero attached hydrogens (tertiary/aromatic N) is 1. The van der Waals surface area contributed by atoms with Gasteiger partial charge in [-0.05, 0) is 27.7 Å². The second kappa shape index (κ2) is 4.38. The minimum absolute atomic E-state index is 0.0493. The van der Waals surface area contributed by atoms with Crippen molar-refractivity contribution in [3.8, 4) is 0 Å². The van der Waals surface area contributed by atoms with Gasteiger partial charge in [0.25, 0.3) is 0 Å². The predicted molar refractivity (Wildman–Crippen MR) is 60.8 cm³/mol. The van der Waals surface area contributed by atoms with E-state index in [9.17, 15) is 18.0 Å². The van der Waals surface area contributed by atoms with Crippen LogP contribution in [0.2, 0.25) is 0 Å². The molecule has 0 amide bonds. The van der Waals surface area contributed by atoms with Crippen LogP contribution in [0.4, 0.5) is 0 Å². The Morgan fingerprint density at radius 1 is 1.47 bits per heavy atom. The molecule has 1 saturated heterocycles. The minimum Gasteiger partial charge on any atom is -0.465 e. The second-order valence-electron chi connectivity index (χ2n) is 4.82. The number of carbonyl (C=O) groups is 2.